The van der Waals surface area contributed by atoms with Gasteiger partial charge < -0.3 is 5.32 Å². The minimum absolute atomic E-state index is 0.102. The molecule has 7 heteroatoms. The van der Waals surface area contributed by atoms with Crippen molar-refractivity contribution in [3.63, 3.8) is 0 Å². The third-order valence-corrected chi connectivity index (χ3v) is 4.82. The van der Waals surface area contributed by atoms with Crippen LogP contribution in [-0.4, -0.2) is 25.7 Å². The Morgan fingerprint density at radius 1 is 1.18 bits per heavy atom. The lowest BCUT2D eigenvalue weighted by Crippen LogP contribution is -2.15. The average molecular weight is 389 g/mol. The Morgan fingerprint density at radius 2 is 1.96 bits per heavy atom. The first-order valence-electron chi connectivity index (χ1n) is 8.97. The van der Waals surface area contributed by atoms with E-state index >= 15 is 0 Å². The molecule has 28 heavy (non-hydrogen) atoms. The van der Waals surface area contributed by atoms with E-state index in [1.165, 1.54) is 5.56 Å². The van der Waals surface area contributed by atoms with Crippen LogP contribution in [0.2, 0.25) is 0 Å². The van der Waals surface area contributed by atoms with Gasteiger partial charge in [0, 0.05) is 23.9 Å². The monoisotopic (exact) mass is 389 g/mol. The number of aromatic amines is 1. The van der Waals surface area contributed by atoms with Gasteiger partial charge in [0.05, 0.1) is 17.4 Å². The summed E-state index contributed by atoms with van der Waals surface area (Å²) in [6.07, 6.45) is 1.95. The maximum atomic E-state index is 12.4. The third-order valence-electron chi connectivity index (χ3n) is 4.50. The largest absolute Gasteiger partial charge is 0.325 e. The van der Waals surface area contributed by atoms with E-state index in [1.54, 1.807) is 6.20 Å². The molecule has 2 heterocycles. The highest BCUT2D eigenvalue weighted by Gasteiger charge is 2.11. The van der Waals surface area contributed by atoms with Crippen molar-refractivity contribution in [2.45, 2.75) is 19.9 Å². The van der Waals surface area contributed by atoms with Crippen LogP contribution in [0.4, 0.5) is 5.69 Å². The summed E-state index contributed by atoms with van der Waals surface area (Å²) in [5.74, 6) is 0.625. The maximum absolute atomic E-state index is 12.4. The van der Waals surface area contributed by atoms with Crippen molar-refractivity contribution in [3.8, 4) is 11.4 Å². The molecule has 0 atom stereocenters. The number of carbonyl (C=O) groups excluding carboxylic acids is 1. The topological polar surface area (TPSA) is 75.6 Å². The summed E-state index contributed by atoms with van der Waals surface area (Å²) in [5.41, 5.74) is 3.70. The van der Waals surface area contributed by atoms with Gasteiger partial charge >= 0.3 is 0 Å². The lowest BCUT2D eigenvalue weighted by Gasteiger charge is -2.09. The standard InChI is InChI=1S/C21H19N5OS/c1-14-6-8-15(9-7-14)20-24-25-21(28)26(20)11-10-19(27)23-17-12-16-4-2-3-5-18(16)22-13-17/h2-9,12-13H,10-11H2,1H3,(H,23,27)(H,25,28). The second-order valence-corrected chi connectivity index (χ2v) is 6.97. The fourth-order valence-electron chi connectivity index (χ4n) is 3.02. The molecule has 0 saturated carbocycles. The number of aryl methyl sites for hydroxylation is 1. The average Bonchev–Trinajstić information content (AvgIpc) is 3.07. The fraction of sp³-hybridized carbons (Fsp3) is 0.143. The van der Waals surface area contributed by atoms with Gasteiger partial charge in [-0.2, -0.15) is 5.10 Å². The molecule has 0 bridgehead atoms. The van der Waals surface area contributed by atoms with Crippen LogP contribution < -0.4 is 5.32 Å². The predicted molar refractivity (Wildman–Crippen MR) is 113 cm³/mol. The summed E-state index contributed by atoms with van der Waals surface area (Å²) in [6.45, 7) is 2.47. The number of para-hydroxylation sites is 1. The molecule has 0 aliphatic rings. The molecule has 1 amide bonds. The van der Waals surface area contributed by atoms with Crippen LogP contribution >= 0.6 is 12.2 Å². The zero-order valence-electron chi connectivity index (χ0n) is 15.3. The Balaban J connectivity index is 1.47. The number of H-pyrrole nitrogens is 1. The van der Waals surface area contributed by atoms with Gasteiger partial charge in [-0.3, -0.25) is 19.4 Å². The van der Waals surface area contributed by atoms with Crippen molar-refractivity contribution in [1.29, 1.82) is 0 Å². The molecule has 0 unspecified atom stereocenters. The normalized spacial score (nSPS) is 10.9. The zero-order valence-corrected chi connectivity index (χ0v) is 16.2. The second kappa shape index (κ2) is 7.74. The lowest BCUT2D eigenvalue weighted by atomic mass is 10.1. The summed E-state index contributed by atoms with van der Waals surface area (Å²) >= 11 is 5.34. The van der Waals surface area contributed by atoms with Crippen molar-refractivity contribution in [3.05, 3.63) is 71.1 Å². The molecule has 0 fully saturated rings. The molecular weight excluding hydrogens is 370 g/mol. The summed E-state index contributed by atoms with van der Waals surface area (Å²) in [4.78, 5) is 16.8. The van der Waals surface area contributed by atoms with Crippen LogP contribution in [0.1, 0.15) is 12.0 Å². The lowest BCUT2D eigenvalue weighted by molar-refractivity contribution is -0.116. The molecule has 0 radical (unpaired) electrons. The molecule has 0 saturated heterocycles. The first kappa shape index (κ1) is 18.1. The van der Waals surface area contributed by atoms with E-state index in [0.29, 0.717) is 17.0 Å². The number of fused-ring (bicyclic) bond motifs is 1. The highest BCUT2D eigenvalue weighted by molar-refractivity contribution is 7.71. The van der Waals surface area contributed by atoms with Gasteiger partial charge in [-0.05, 0) is 31.3 Å². The Hall–Kier alpha value is -3.32. The molecule has 4 rings (SSSR count). The van der Waals surface area contributed by atoms with Crippen molar-refractivity contribution < 1.29 is 4.79 Å². The first-order chi connectivity index (χ1) is 13.6. The van der Waals surface area contributed by atoms with Crippen LogP contribution in [0.3, 0.4) is 0 Å². The van der Waals surface area contributed by atoms with E-state index in [2.05, 4.69) is 20.5 Å². The molecule has 140 valence electrons. The Bertz CT molecular complexity index is 1190. The van der Waals surface area contributed by atoms with Crippen LogP contribution in [0.5, 0.6) is 0 Å². The van der Waals surface area contributed by atoms with E-state index < -0.39 is 0 Å². The van der Waals surface area contributed by atoms with E-state index in [-0.39, 0.29) is 12.3 Å². The number of benzene rings is 2. The minimum Gasteiger partial charge on any atom is -0.325 e. The quantitative estimate of drug-likeness (QED) is 0.493. The second-order valence-electron chi connectivity index (χ2n) is 6.58. The van der Waals surface area contributed by atoms with Crippen LogP contribution in [-0.2, 0) is 11.3 Å². The van der Waals surface area contributed by atoms with Crippen LogP contribution in [0.15, 0.2) is 60.8 Å². The van der Waals surface area contributed by atoms with E-state index in [0.717, 1.165) is 22.3 Å². The van der Waals surface area contributed by atoms with Gasteiger partial charge in [0.2, 0.25) is 5.91 Å². The molecule has 2 N–H and O–H groups in total. The van der Waals surface area contributed by atoms with Crippen molar-refractivity contribution in [2.24, 2.45) is 0 Å². The van der Waals surface area contributed by atoms with Gasteiger partial charge in [0.25, 0.3) is 0 Å². The molecule has 2 aromatic carbocycles. The number of pyridine rings is 1. The van der Waals surface area contributed by atoms with Crippen molar-refractivity contribution >= 4 is 34.7 Å². The molecule has 4 aromatic rings. The number of rotatable bonds is 5. The van der Waals surface area contributed by atoms with Gasteiger partial charge in [0.15, 0.2) is 10.6 Å². The highest BCUT2D eigenvalue weighted by Crippen LogP contribution is 2.19. The Labute approximate surface area is 167 Å². The van der Waals surface area contributed by atoms with E-state index in [4.69, 9.17) is 12.2 Å². The number of amides is 1. The van der Waals surface area contributed by atoms with E-state index in [9.17, 15) is 4.79 Å². The predicted octanol–water partition coefficient (Wildman–Crippen LogP) is 4.49. The van der Waals surface area contributed by atoms with Gasteiger partial charge in [-0.1, -0.05) is 48.0 Å². The maximum Gasteiger partial charge on any atom is 0.226 e. The van der Waals surface area contributed by atoms with Gasteiger partial charge in [-0.15, -0.1) is 0 Å². The van der Waals surface area contributed by atoms with Gasteiger partial charge in [0.1, 0.15) is 0 Å². The number of nitrogens with zero attached hydrogens (tertiary/aromatic N) is 3. The van der Waals surface area contributed by atoms with Crippen molar-refractivity contribution in [1.82, 2.24) is 19.7 Å². The minimum atomic E-state index is -0.102. The molecule has 0 aliphatic heterocycles. The summed E-state index contributed by atoms with van der Waals surface area (Å²) in [7, 11) is 0. The SMILES string of the molecule is Cc1ccc(-c2n[nH]c(=S)n2CCC(=O)Nc2cnc3ccccc3c2)cc1. The van der Waals surface area contributed by atoms with Gasteiger partial charge in [-0.25, -0.2) is 0 Å². The number of aromatic nitrogens is 4. The third kappa shape index (κ3) is 3.84. The fourth-order valence-corrected chi connectivity index (χ4v) is 3.25. The summed E-state index contributed by atoms with van der Waals surface area (Å²) in [6, 6.07) is 17.8. The summed E-state index contributed by atoms with van der Waals surface area (Å²) in [5, 5.41) is 11.0. The van der Waals surface area contributed by atoms with E-state index in [1.807, 2.05) is 66.1 Å². The summed E-state index contributed by atoms with van der Waals surface area (Å²) < 4.78 is 2.34. The highest BCUT2D eigenvalue weighted by atomic mass is 32.1. The Morgan fingerprint density at radius 3 is 2.79 bits per heavy atom. The number of hydrogen-bond donors (Lipinski definition) is 2. The van der Waals surface area contributed by atoms with Crippen molar-refractivity contribution in [2.75, 3.05) is 5.32 Å². The Kier molecular flexibility index (Phi) is 4.99. The molecular formula is C21H19N5OS. The molecule has 0 spiro atoms. The molecule has 6 nitrogen and oxygen atoms in total. The number of anilines is 1. The zero-order chi connectivity index (χ0) is 19.5. The first-order valence-corrected chi connectivity index (χ1v) is 9.38. The van der Waals surface area contributed by atoms with Crippen LogP contribution in [0.25, 0.3) is 22.3 Å². The smallest absolute Gasteiger partial charge is 0.226 e. The molecule has 2 aromatic heterocycles. The number of hydrogen-bond acceptors (Lipinski definition) is 4. The molecule has 0 aliphatic carbocycles. The van der Waals surface area contributed by atoms with Crippen LogP contribution in [0, 0.1) is 11.7 Å². The number of nitrogens with one attached hydrogen (secondary N) is 2. The number of carbonyl (C=O) groups is 1.